The maximum atomic E-state index is 5.91. The molecule has 2 heteroatoms. The Balaban J connectivity index is 1.98. The minimum Gasteiger partial charge on any atom is -0.498 e. The molecule has 26 heavy (non-hydrogen) atoms. The van der Waals surface area contributed by atoms with Crippen molar-refractivity contribution in [1.29, 1.82) is 0 Å². The Morgan fingerprint density at radius 2 is 1.19 bits per heavy atom. The molecule has 4 aromatic rings. The van der Waals surface area contributed by atoms with Crippen molar-refractivity contribution in [2.24, 2.45) is 0 Å². The third-order valence-electron chi connectivity index (χ3n) is 4.69. The molecule has 4 rings (SSSR count). The highest BCUT2D eigenvalue weighted by atomic mass is 16.7. The normalized spacial score (nSPS) is 10.8. The Morgan fingerprint density at radius 3 is 1.85 bits per heavy atom. The molecule has 0 amide bonds. The lowest BCUT2D eigenvalue weighted by Crippen LogP contribution is -2.06. The molecule has 0 bridgehead atoms. The lowest BCUT2D eigenvalue weighted by Gasteiger charge is -2.24. The monoisotopic (exact) mass is 340 g/mol. The molecule has 0 unspecified atom stereocenters. The Kier molecular flexibility index (Phi) is 4.10. The molecule has 0 saturated carbocycles. The summed E-state index contributed by atoms with van der Waals surface area (Å²) in [5.74, 6) is 3.14. The van der Waals surface area contributed by atoms with E-state index in [2.05, 4.69) is 78.9 Å². The number of benzene rings is 4. The highest BCUT2D eigenvalue weighted by Gasteiger charge is 2.22. The molecule has 0 aliphatic heterocycles. The van der Waals surface area contributed by atoms with Gasteiger partial charge in [0.15, 0.2) is 0 Å². The summed E-state index contributed by atoms with van der Waals surface area (Å²) in [5, 5.41) is 2.46. The van der Waals surface area contributed by atoms with Crippen LogP contribution < -0.4 is 10.1 Å². The van der Waals surface area contributed by atoms with Crippen LogP contribution in [-0.4, -0.2) is 0 Å². The Bertz CT molecular complexity index is 1000. The molecule has 0 fully saturated rings. The van der Waals surface area contributed by atoms with Gasteiger partial charge in [-0.1, -0.05) is 35.9 Å². The maximum absolute atomic E-state index is 5.91. The summed E-state index contributed by atoms with van der Waals surface area (Å²) in [6, 6.07) is 29.3. The summed E-state index contributed by atoms with van der Waals surface area (Å²) in [7, 11) is 0. The summed E-state index contributed by atoms with van der Waals surface area (Å²) in [5.41, 5.74) is 9.17. The van der Waals surface area contributed by atoms with E-state index in [0.717, 1.165) is 22.9 Å². The Labute approximate surface area is 154 Å². The topological polar surface area (TPSA) is 28.7 Å². The van der Waals surface area contributed by atoms with Gasteiger partial charge in [0.1, 0.15) is 0 Å². The number of anilines is 1. The van der Waals surface area contributed by atoms with Crippen molar-refractivity contribution in [2.45, 2.75) is 13.8 Å². The summed E-state index contributed by atoms with van der Waals surface area (Å²) in [6.07, 6.45) is 0. The fraction of sp³-hybridized carbons (Fsp3) is 0.0833. The minimum atomic E-state index is 0.756. The van der Waals surface area contributed by atoms with Gasteiger partial charge in [-0.05, 0) is 49.1 Å². The van der Waals surface area contributed by atoms with Gasteiger partial charge < -0.3 is 10.1 Å². The van der Waals surface area contributed by atoms with E-state index < -0.39 is 0 Å². The molecular weight excluding hydrogens is 318 g/mol. The van der Waals surface area contributed by atoms with Crippen molar-refractivity contribution in [3.63, 3.8) is 0 Å². The van der Waals surface area contributed by atoms with Crippen molar-refractivity contribution in [2.75, 3.05) is 5.73 Å². The number of aryl methyl sites for hydroxylation is 2. The minimum absolute atomic E-state index is 0.756. The summed E-state index contributed by atoms with van der Waals surface area (Å²) < 4.78 is 3.35. The fourth-order valence-electron chi connectivity index (χ4n) is 3.27. The molecule has 0 aliphatic carbocycles. The second-order valence-electron chi connectivity index (χ2n) is 6.61. The maximum Gasteiger partial charge on any atom is 0.275 e. The first kappa shape index (κ1) is 16.2. The molecule has 128 valence electrons. The van der Waals surface area contributed by atoms with E-state index >= 15 is 0 Å². The van der Waals surface area contributed by atoms with Crippen LogP contribution in [0, 0.1) is 13.8 Å². The van der Waals surface area contributed by atoms with Gasteiger partial charge in [-0.3, -0.25) is 0 Å². The van der Waals surface area contributed by atoms with Crippen LogP contribution in [0.3, 0.4) is 0 Å². The van der Waals surface area contributed by atoms with Crippen molar-refractivity contribution < 1.29 is 4.37 Å². The number of hydrogen-bond acceptors (Lipinski definition) is 1. The van der Waals surface area contributed by atoms with Crippen LogP contribution in [0.4, 0.5) is 5.69 Å². The van der Waals surface area contributed by atoms with Gasteiger partial charge in [0.05, 0.1) is 5.39 Å². The average Bonchev–Trinajstić information content (AvgIpc) is 2.67. The zero-order valence-corrected chi connectivity index (χ0v) is 15.1. The molecule has 0 spiro atoms. The van der Waals surface area contributed by atoms with Crippen LogP contribution in [0.25, 0.3) is 10.8 Å². The third kappa shape index (κ3) is 2.91. The number of fused-ring (bicyclic) bond motifs is 1. The van der Waals surface area contributed by atoms with Gasteiger partial charge >= 0.3 is 0 Å². The molecule has 0 aromatic heterocycles. The van der Waals surface area contributed by atoms with Gasteiger partial charge in [-0.25, -0.2) is 0 Å². The van der Waals surface area contributed by atoms with E-state index in [4.69, 9.17) is 5.73 Å². The molecular formula is C24H22NO+. The summed E-state index contributed by atoms with van der Waals surface area (Å²) >= 11 is 0. The first-order chi connectivity index (χ1) is 12.6. The van der Waals surface area contributed by atoms with Crippen LogP contribution in [0.15, 0.2) is 84.9 Å². The van der Waals surface area contributed by atoms with E-state index in [-0.39, 0.29) is 0 Å². The highest BCUT2D eigenvalue weighted by Crippen LogP contribution is 2.43. The van der Waals surface area contributed by atoms with E-state index in [1.54, 1.807) is 0 Å². The highest BCUT2D eigenvalue weighted by molar-refractivity contribution is 5.91. The van der Waals surface area contributed by atoms with Crippen molar-refractivity contribution in [3.8, 4) is 17.2 Å². The standard InChI is InChI=1S/C24H22NO/c1-17-7-12-20(13-8-17)26(21-14-10-19(25)11-15-21)24-16-9-18(2)22-5-3-4-6-23(22)24/h3-16H,25H2,1-2H3/q+1. The van der Waals surface area contributed by atoms with Crippen molar-refractivity contribution in [3.05, 3.63) is 96.1 Å². The van der Waals surface area contributed by atoms with Gasteiger partial charge in [0.25, 0.3) is 17.2 Å². The zero-order chi connectivity index (χ0) is 18.1. The molecule has 0 saturated heterocycles. The molecule has 0 aliphatic rings. The Hall–Kier alpha value is -3.26. The second kappa shape index (κ2) is 6.57. The first-order valence-electron chi connectivity index (χ1n) is 8.78. The van der Waals surface area contributed by atoms with Gasteiger partial charge in [-0.2, -0.15) is 0 Å². The molecule has 0 heterocycles. The molecule has 2 N–H and O–H groups in total. The van der Waals surface area contributed by atoms with Gasteiger partial charge in [0, 0.05) is 36.0 Å². The van der Waals surface area contributed by atoms with E-state index in [9.17, 15) is 0 Å². The number of rotatable bonds is 3. The van der Waals surface area contributed by atoms with Crippen molar-refractivity contribution >= 4 is 16.5 Å². The van der Waals surface area contributed by atoms with Gasteiger partial charge in [0.2, 0.25) is 0 Å². The molecule has 0 radical (unpaired) electrons. The lowest BCUT2D eigenvalue weighted by molar-refractivity contribution is 0.236. The molecule has 4 aromatic carbocycles. The quantitative estimate of drug-likeness (QED) is 0.323. The number of hydrogen-bond donors (Lipinski definition) is 1. The molecule has 2 nitrogen and oxygen atoms in total. The van der Waals surface area contributed by atoms with Crippen LogP contribution in [0.5, 0.6) is 17.2 Å². The Morgan fingerprint density at radius 1 is 0.615 bits per heavy atom. The second-order valence-corrected chi connectivity index (χ2v) is 6.61. The third-order valence-corrected chi connectivity index (χ3v) is 4.69. The number of nitrogen functional groups attached to an aromatic ring is 1. The number of nitrogens with two attached hydrogens (primary N) is 1. The summed E-state index contributed by atoms with van der Waals surface area (Å²) in [6.45, 7) is 4.25. The van der Waals surface area contributed by atoms with Crippen LogP contribution in [0.1, 0.15) is 11.1 Å². The van der Waals surface area contributed by atoms with Crippen LogP contribution >= 0.6 is 0 Å². The van der Waals surface area contributed by atoms with Crippen LogP contribution in [0.2, 0.25) is 0 Å². The SMILES string of the molecule is Cc1ccc([O+](c2ccc(N)cc2)c2ccc(C)c3ccccc23)cc1. The average molecular weight is 340 g/mol. The fourth-order valence-corrected chi connectivity index (χ4v) is 3.27. The van der Waals surface area contributed by atoms with Crippen LogP contribution in [-0.2, 0) is 0 Å². The van der Waals surface area contributed by atoms with Crippen molar-refractivity contribution in [1.82, 2.24) is 0 Å². The predicted octanol–water partition coefficient (Wildman–Crippen LogP) is 6.78. The van der Waals surface area contributed by atoms with E-state index in [0.29, 0.717) is 0 Å². The van der Waals surface area contributed by atoms with E-state index in [1.165, 1.54) is 21.9 Å². The van der Waals surface area contributed by atoms with Gasteiger partial charge in [-0.15, -0.1) is 0 Å². The first-order valence-corrected chi connectivity index (χ1v) is 8.78. The molecule has 0 atom stereocenters. The van der Waals surface area contributed by atoms with E-state index in [1.807, 2.05) is 24.3 Å². The summed E-state index contributed by atoms with van der Waals surface area (Å²) in [4.78, 5) is 0. The lowest BCUT2D eigenvalue weighted by atomic mass is 10.0. The smallest absolute Gasteiger partial charge is 0.275 e. The largest absolute Gasteiger partial charge is 0.498 e. The zero-order valence-electron chi connectivity index (χ0n) is 15.1. The predicted molar refractivity (Wildman–Crippen MR) is 110 cm³/mol.